The normalized spacial score (nSPS) is 13.1. The standard InChI is InChI=1S/C28H26N2O8/c31-25-22-9-4-5-10-23(22)26(32)30(25)38-16-6-15-36-21-13-11-19(12-14-21)17-24(27(33)34)29-28(35)37-18-20-7-2-1-3-8-20/h1-5,7-14,24H,6,15-18H2,(H,29,35)(H,33,34)/t24-/m0/s1. The summed E-state index contributed by atoms with van der Waals surface area (Å²) in [5.41, 5.74) is 2.11. The zero-order valence-corrected chi connectivity index (χ0v) is 20.4. The number of hydrogen-bond donors (Lipinski definition) is 2. The molecular weight excluding hydrogens is 492 g/mol. The minimum Gasteiger partial charge on any atom is -0.494 e. The van der Waals surface area contributed by atoms with E-state index in [9.17, 15) is 24.3 Å². The fourth-order valence-corrected chi connectivity index (χ4v) is 3.75. The Hall–Kier alpha value is -4.70. The molecule has 1 atom stereocenters. The predicted molar refractivity (Wildman–Crippen MR) is 134 cm³/mol. The molecule has 0 fully saturated rings. The first-order valence-electron chi connectivity index (χ1n) is 11.9. The molecule has 1 aliphatic heterocycles. The first-order valence-corrected chi connectivity index (χ1v) is 11.9. The van der Waals surface area contributed by atoms with Gasteiger partial charge in [-0.25, -0.2) is 9.59 Å². The number of imide groups is 1. The number of alkyl carbamates (subject to hydrolysis) is 1. The number of hydrogen-bond acceptors (Lipinski definition) is 7. The minimum absolute atomic E-state index is 0.0361. The Morgan fingerprint density at radius 2 is 1.45 bits per heavy atom. The lowest BCUT2D eigenvalue weighted by molar-refractivity contribution is -0.139. The number of nitrogens with one attached hydrogen (secondary N) is 1. The van der Waals surface area contributed by atoms with E-state index in [1.807, 2.05) is 18.2 Å². The molecule has 0 bridgehead atoms. The van der Waals surface area contributed by atoms with E-state index in [0.29, 0.717) is 28.9 Å². The first kappa shape index (κ1) is 26.4. The zero-order chi connectivity index (χ0) is 26.9. The summed E-state index contributed by atoms with van der Waals surface area (Å²) < 4.78 is 10.8. The quantitative estimate of drug-likeness (QED) is 0.275. The lowest BCUT2D eigenvalue weighted by atomic mass is 10.1. The third-order valence-corrected chi connectivity index (χ3v) is 5.70. The Balaban J connectivity index is 1.18. The van der Waals surface area contributed by atoms with Crippen LogP contribution in [0.5, 0.6) is 5.75 Å². The molecule has 0 radical (unpaired) electrons. The second-order valence-electron chi connectivity index (χ2n) is 8.43. The number of fused-ring (bicyclic) bond motifs is 1. The third kappa shape index (κ3) is 6.74. The second kappa shape index (κ2) is 12.5. The number of carbonyl (C=O) groups excluding carboxylic acids is 3. The molecule has 10 heteroatoms. The monoisotopic (exact) mass is 518 g/mol. The summed E-state index contributed by atoms with van der Waals surface area (Å²) in [7, 11) is 0. The molecule has 1 heterocycles. The number of amides is 3. The van der Waals surface area contributed by atoms with Crippen molar-refractivity contribution in [1.29, 1.82) is 0 Å². The number of benzene rings is 3. The number of rotatable bonds is 12. The molecule has 2 N–H and O–H groups in total. The molecule has 0 aromatic heterocycles. The van der Waals surface area contributed by atoms with Crippen molar-refractivity contribution in [3.8, 4) is 5.75 Å². The second-order valence-corrected chi connectivity index (χ2v) is 8.43. The van der Waals surface area contributed by atoms with Gasteiger partial charge in [-0.15, -0.1) is 5.06 Å². The number of nitrogens with zero attached hydrogens (tertiary/aromatic N) is 1. The molecular formula is C28H26N2O8. The van der Waals surface area contributed by atoms with Crippen molar-refractivity contribution in [2.24, 2.45) is 0 Å². The van der Waals surface area contributed by atoms with E-state index < -0.39 is 29.9 Å². The summed E-state index contributed by atoms with van der Waals surface area (Å²) in [5, 5.41) is 12.6. The maximum absolute atomic E-state index is 12.3. The van der Waals surface area contributed by atoms with Crippen LogP contribution >= 0.6 is 0 Å². The van der Waals surface area contributed by atoms with E-state index >= 15 is 0 Å². The van der Waals surface area contributed by atoms with Crippen molar-refractivity contribution in [3.63, 3.8) is 0 Å². The highest BCUT2D eigenvalue weighted by molar-refractivity contribution is 6.20. The van der Waals surface area contributed by atoms with E-state index in [-0.39, 0.29) is 26.2 Å². The van der Waals surface area contributed by atoms with Crippen LogP contribution < -0.4 is 10.1 Å². The molecule has 3 aromatic rings. The molecule has 10 nitrogen and oxygen atoms in total. The summed E-state index contributed by atoms with van der Waals surface area (Å²) in [6, 6.07) is 21.2. The topological polar surface area (TPSA) is 131 Å². The summed E-state index contributed by atoms with van der Waals surface area (Å²) in [6.45, 7) is 0.416. The van der Waals surface area contributed by atoms with Crippen LogP contribution in [0.1, 0.15) is 38.3 Å². The SMILES string of the molecule is O=C(N[C@@H](Cc1ccc(OCCCON2C(=O)c3ccccc3C2=O)cc1)C(=O)O)OCc1ccccc1. The Kier molecular flexibility index (Phi) is 8.68. The molecule has 38 heavy (non-hydrogen) atoms. The summed E-state index contributed by atoms with van der Waals surface area (Å²) >= 11 is 0. The predicted octanol–water partition coefficient (Wildman–Crippen LogP) is 3.61. The van der Waals surface area contributed by atoms with E-state index in [1.165, 1.54) is 0 Å². The van der Waals surface area contributed by atoms with Crippen LogP contribution in [0.25, 0.3) is 0 Å². The highest BCUT2D eigenvalue weighted by Crippen LogP contribution is 2.22. The van der Waals surface area contributed by atoms with Crippen molar-refractivity contribution >= 4 is 23.9 Å². The Bertz CT molecular complexity index is 1260. The van der Waals surface area contributed by atoms with Crippen molar-refractivity contribution in [2.75, 3.05) is 13.2 Å². The Labute approximate surface area is 218 Å². The van der Waals surface area contributed by atoms with E-state index in [0.717, 1.165) is 10.6 Å². The molecule has 196 valence electrons. The van der Waals surface area contributed by atoms with Gasteiger partial charge in [-0.2, -0.15) is 0 Å². The summed E-state index contributed by atoms with van der Waals surface area (Å²) in [4.78, 5) is 53.6. The van der Waals surface area contributed by atoms with Gasteiger partial charge < -0.3 is 19.9 Å². The van der Waals surface area contributed by atoms with E-state index in [1.54, 1.807) is 60.7 Å². The number of carbonyl (C=O) groups is 4. The maximum atomic E-state index is 12.3. The molecule has 0 spiro atoms. The lowest BCUT2D eigenvalue weighted by Gasteiger charge is -2.15. The summed E-state index contributed by atoms with van der Waals surface area (Å²) in [5.74, 6) is -1.60. The first-order chi connectivity index (χ1) is 18.4. The van der Waals surface area contributed by atoms with Crippen LogP contribution in [0.4, 0.5) is 4.79 Å². The third-order valence-electron chi connectivity index (χ3n) is 5.70. The van der Waals surface area contributed by atoms with Gasteiger partial charge in [0.2, 0.25) is 0 Å². The van der Waals surface area contributed by atoms with Crippen molar-refractivity contribution in [2.45, 2.75) is 25.5 Å². The van der Waals surface area contributed by atoms with Gasteiger partial charge in [-0.05, 0) is 35.4 Å². The molecule has 4 rings (SSSR count). The van der Waals surface area contributed by atoms with Gasteiger partial charge >= 0.3 is 12.1 Å². The van der Waals surface area contributed by atoms with Crippen molar-refractivity contribution in [1.82, 2.24) is 10.4 Å². The van der Waals surface area contributed by atoms with Crippen LogP contribution in [-0.2, 0) is 27.4 Å². The fourth-order valence-electron chi connectivity index (χ4n) is 3.75. The number of ether oxygens (including phenoxy) is 2. The number of carboxylic acid groups (broad SMARTS) is 1. The van der Waals surface area contributed by atoms with E-state index in [4.69, 9.17) is 14.3 Å². The van der Waals surface area contributed by atoms with Crippen LogP contribution in [0.15, 0.2) is 78.9 Å². The van der Waals surface area contributed by atoms with Crippen molar-refractivity contribution in [3.05, 3.63) is 101 Å². The summed E-state index contributed by atoms with van der Waals surface area (Å²) in [6.07, 6.45) is -0.334. The van der Waals surface area contributed by atoms with Gasteiger partial charge in [0, 0.05) is 12.8 Å². The molecule has 1 aliphatic rings. The van der Waals surface area contributed by atoms with Crippen LogP contribution in [-0.4, -0.2) is 53.3 Å². The lowest BCUT2D eigenvalue weighted by Crippen LogP contribution is -2.42. The van der Waals surface area contributed by atoms with Gasteiger partial charge in [0.05, 0.1) is 24.3 Å². The van der Waals surface area contributed by atoms with Gasteiger partial charge in [0.15, 0.2) is 0 Å². The van der Waals surface area contributed by atoms with Crippen LogP contribution in [0.2, 0.25) is 0 Å². The van der Waals surface area contributed by atoms with Gasteiger partial charge in [0.1, 0.15) is 18.4 Å². The smallest absolute Gasteiger partial charge is 0.408 e. The van der Waals surface area contributed by atoms with Gasteiger partial charge in [-0.3, -0.25) is 14.4 Å². The van der Waals surface area contributed by atoms with Crippen LogP contribution in [0.3, 0.4) is 0 Å². The van der Waals surface area contributed by atoms with Crippen molar-refractivity contribution < 1.29 is 38.6 Å². The average molecular weight is 519 g/mol. The average Bonchev–Trinajstić information content (AvgIpc) is 3.17. The zero-order valence-electron chi connectivity index (χ0n) is 20.4. The highest BCUT2D eigenvalue weighted by Gasteiger charge is 2.36. The maximum Gasteiger partial charge on any atom is 0.408 e. The molecule has 0 saturated carbocycles. The Morgan fingerprint density at radius 3 is 2.08 bits per heavy atom. The van der Waals surface area contributed by atoms with Crippen LogP contribution in [0, 0.1) is 0 Å². The van der Waals surface area contributed by atoms with Gasteiger partial charge in [-0.1, -0.05) is 54.6 Å². The fraction of sp³-hybridized carbons (Fsp3) is 0.214. The molecule has 0 aliphatic carbocycles. The van der Waals surface area contributed by atoms with Gasteiger partial charge in [0.25, 0.3) is 11.8 Å². The van der Waals surface area contributed by atoms with E-state index in [2.05, 4.69) is 5.32 Å². The number of hydroxylamine groups is 2. The molecule has 3 aromatic carbocycles. The molecule has 3 amide bonds. The number of aliphatic carboxylic acids is 1. The molecule has 0 saturated heterocycles. The Morgan fingerprint density at radius 1 is 0.816 bits per heavy atom. The minimum atomic E-state index is -1.18. The molecule has 0 unspecified atom stereocenters. The number of carboxylic acids is 1. The highest BCUT2D eigenvalue weighted by atomic mass is 16.7. The largest absolute Gasteiger partial charge is 0.494 e.